The summed E-state index contributed by atoms with van der Waals surface area (Å²) >= 11 is 1.77. The SMILES string of the molecule is c1ccc(-c2nc(-c3ccc4c(c3)oc3c(-c5cccc6c5oc5ccccc56)cccc34)nc(-c3cccc4c3sc3ccccc34)n2)cc1. The fraction of sp³-hybridized carbons (Fsp3) is 0. The van der Waals surface area contributed by atoms with Crippen molar-refractivity contribution in [2.24, 2.45) is 0 Å². The Hall–Kier alpha value is -6.63. The Labute approximate surface area is 295 Å². The van der Waals surface area contributed by atoms with Gasteiger partial charge in [-0.3, -0.25) is 0 Å². The average molecular weight is 672 g/mol. The molecule has 0 saturated heterocycles. The van der Waals surface area contributed by atoms with Crippen LogP contribution < -0.4 is 0 Å². The summed E-state index contributed by atoms with van der Waals surface area (Å²) in [5.41, 5.74) is 8.06. The lowest BCUT2D eigenvalue weighted by atomic mass is 10.00. The molecule has 0 aliphatic rings. The van der Waals surface area contributed by atoms with Crippen molar-refractivity contribution >= 4 is 75.4 Å². The van der Waals surface area contributed by atoms with Crippen molar-refractivity contribution in [1.29, 1.82) is 0 Å². The van der Waals surface area contributed by atoms with E-state index in [-0.39, 0.29) is 0 Å². The van der Waals surface area contributed by atoms with Crippen LogP contribution >= 0.6 is 11.3 Å². The molecule has 51 heavy (non-hydrogen) atoms. The van der Waals surface area contributed by atoms with Crippen molar-refractivity contribution in [2.45, 2.75) is 0 Å². The van der Waals surface area contributed by atoms with Gasteiger partial charge in [-0.1, -0.05) is 121 Å². The fourth-order valence-electron chi connectivity index (χ4n) is 7.37. The van der Waals surface area contributed by atoms with Gasteiger partial charge in [0.25, 0.3) is 0 Å². The first kappa shape index (κ1) is 28.2. The van der Waals surface area contributed by atoms with E-state index in [1.54, 1.807) is 11.3 Å². The summed E-state index contributed by atoms with van der Waals surface area (Å²) in [4.78, 5) is 15.2. The van der Waals surface area contributed by atoms with Gasteiger partial charge in [-0.2, -0.15) is 0 Å². The molecule has 11 aromatic rings. The lowest BCUT2D eigenvalue weighted by Crippen LogP contribution is -2.00. The summed E-state index contributed by atoms with van der Waals surface area (Å²) in [5, 5.41) is 6.70. The summed E-state index contributed by atoms with van der Waals surface area (Å²) in [6.07, 6.45) is 0. The van der Waals surface area contributed by atoms with Crippen molar-refractivity contribution in [2.75, 3.05) is 0 Å². The van der Waals surface area contributed by atoms with E-state index in [0.29, 0.717) is 17.5 Å². The van der Waals surface area contributed by atoms with Crippen LogP contribution in [0.5, 0.6) is 0 Å². The molecule has 0 radical (unpaired) electrons. The Balaban J connectivity index is 1.10. The topological polar surface area (TPSA) is 65.0 Å². The molecule has 4 heterocycles. The second-order valence-electron chi connectivity index (χ2n) is 12.7. The van der Waals surface area contributed by atoms with Gasteiger partial charge in [0.2, 0.25) is 0 Å². The third kappa shape index (κ3) is 4.37. The van der Waals surface area contributed by atoms with E-state index in [2.05, 4.69) is 103 Å². The maximum Gasteiger partial charge on any atom is 0.165 e. The molecule has 0 fully saturated rings. The molecule has 6 heteroatoms. The highest BCUT2D eigenvalue weighted by Gasteiger charge is 2.20. The molecule has 7 aromatic carbocycles. The number of hydrogen-bond donors (Lipinski definition) is 0. The van der Waals surface area contributed by atoms with Crippen LogP contribution in [0.15, 0.2) is 160 Å². The number of aromatic nitrogens is 3. The zero-order valence-electron chi connectivity index (χ0n) is 27.0. The first-order valence-corrected chi connectivity index (χ1v) is 17.7. The molecule has 0 N–H and O–H groups in total. The minimum Gasteiger partial charge on any atom is -0.455 e. The molecule has 5 nitrogen and oxygen atoms in total. The maximum absolute atomic E-state index is 6.73. The number of para-hydroxylation sites is 3. The van der Waals surface area contributed by atoms with E-state index in [1.165, 1.54) is 15.5 Å². The van der Waals surface area contributed by atoms with Crippen molar-refractivity contribution in [3.63, 3.8) is 0 Å². The smallest absolute Gasteiger partial charge is 0.165 e. The fourth-order valence-corrected chi connectivity index (χ4v) is 8.59. The van der Waals surface area contributed by atoms with Crippen LogP contribution in [-0.4, -0.2) is 15.0 Å². The van der Waals surface area contributed by atoms with E-state index in [9.17, 15) is 0 Å². The third-order valence-corrected chi connectivity index (χ3v) is 11.0. The highest BCUT2D eigenvalue weighted by atomic mass is 32.1. The molecule has 0 spiro atoms. The van der Waals surface area contributed by atoms with E-state index >= 15 is 0 Å². The normalized spacial score (nSPS) is 11.9. The van der Waals surface area contributed by atoms with Crippen LogP contribution in [0, 0.1) is 0 Å². The first-order chi connectivity index (χ1) is 25.3. The highest BCUT2D eigenvalue weighted by Crippen LogP contribution is 2.43. The molecule has 0 aliphatic carbocycles. The van der Waals surface area contributed by atoms with Crippen molar-refractivity contribution in [1.82, 2.24) is 15.0 Å². The molecular formula is C45H25N3O2S. The van der Waals surface area contributed by atoms with E-state index < -0.39 is 0 Å². The summed E-state index contributed by atoms with van der Waals surface area (Å²) in [5.74, 6) is 1.85. The predicted octanol–water partition coefficient (Wildman–Crippen LogP) is 12.7. The Bertz CT molecular complexity index is 3160. The molecular weight excluding hydrogens is 647 g/mol. The zero-order chi connectivity index (χ0) is 33.5. The van der Waals surface area contributed by atoms with Gasteiger partial charge in [0, 0.05) is 69.5 Å². The van der Waals surface area contributed by atoms with Gasteiger partial charge in [0.1, 0.15) is 22.3 Å². The summed E-state index contributed by atoms with van der Waals surface area (Å²) < 4.78 is 15.5. The molecule has 11 rings (SSSR count). The molecule has 0 unspecified atom stereocenters. The number of rotatable bonds is 4. The van der Waals surface area contributed by atoms with Crippen LogP contribution in [0.3, 0.4) is 0 Å². The van der Waals surface area contributed by atoms with Gasteiger partial charge in [-0.15, -0.1) is 11.3 Å². The van der Waals surface area contributed by atoms with Gasteiger partial charge in [0.05, 0.1) is 0 Å². The molecule has 0 saturated carbocycles. The monoisotopic (exact) mass is 671 g/mol. The van der Waals surface area contributed by atoms with Crippen LogP contribution in [0.4, 0.5) is 0 Å². The van der Waals surface area contributed by atoms with E-state index in [0.717, 1.165) is 76.4 Å². The maximum atomic E-state index is 6.73. The minimum absolute atomic E-state index is 0.589. The number of thiophene rings is 1. The van der Waals surface area contributed by atoms with Crippen molar-refractivity contribution in [3.05, 3.63) is 152 Å². The van der Waals surface area contributed by atoms with Crippen LogP contribution in [0.1, 0.15) is 0 Å². The molecule has 0 bridgehead atoms. The van der Waals surface area contributed by atoms with E-state index in [1.807, 2.05) is 48.5 Å². The van der Waals surface area contributed by atoms with Crippen molar-refractivity contribution < 1.29 is 8.83 Å². The van der Waals surface area contributed by atoms with E-state index in [4.69, 9.17) is 23.8 Å². The number of nitrogens with zero attached hydrogens (tertiary/aromatic N) is 3. The highest BCUT2D eigenvalue weighted by molar-refractivity contribution is 7.26. The predicted molar refractivity (Wildman–Crippen MR) is 209 cm³/mol. The van der Waals surface area contributed by atoms with Crippen LogP contribution in [0.2, 0.25) is 0 Å². The van der Waals surface area contributed by atoms with Gasteiger partial charge in [-0.25, -0.2) is 15.0 Å². The number of hydrogen-bond acceptors (Lipinski definition) is 6. The number of furan rings is 2. The quantitative estimate of drug-likeness (QED) is 0.186. The Morgan fingerprint density at radius 2 is 0.941 bits per heavy atom. The van der Waals surface area contributed by atoms with Gasteiger partial charge in [0.15, 0.2) is 17.5 Å². The molecule has 0 amide bonds. The first-order valence-electron chi connectivity index (χ1n) is 16.9. The number of fused-ring (bicyclic) bond motifs is 9. The Kier molecular flexibility index (Phi) is 6.05. The standard InChI is InChI=1S/C45H25N3O2S/c1-2-11-26(12-3-1)43-46-44(48-45(47-43)36-20-10-19-35-30-14-5-7-22-39(30)51-42(35)36)27-23-24-29-32-16-9-18-34(41(32)50-38(29)25-27)33-17-8-15-31-28-13-4-6-21-37(28)49-40(31)33/h1-25H. The summed E-state index contributed by atoms with van der Waals surface area (Å²) in [6, 6.07) is 52.0. The third-order valence-electron chi connectivity index (χ3n) is 9.76. The van der Waals surface area contributed by atoms with Crippen LogP contribution in [0.25, 0.3) is 109 Å². The lowest BCUT2D eigenvalue weighted by molar-refractivity contribution is 0.665. The van der Waals surface area contributed by atoms with Gasteiger partial charge in [-0.05, 0) is 30.3 Å². The largest absolute Gasteiger partial charge is 0.455 e. The average Bonchev–Trinajstić information content (AvgIpc) is 3.89. The molecule has 4 aromatic heterocycles. The summed E-state index contributed by atoms with van der Waals surface area (Å²) in [7, 11) is 0. The zero-order valence-corrected chi connectivity index (χ0v) is 27.8. The Morgan fingerprint density at radius 1 is 0.373 bits per heavy atom. The Morgan fingerprint density at radius 3 is 1.73 bits per heavy atom. The number of benzene rings is 7. The van der Waals surface area contributed by atoms with Gasteiger partial charge >= 0.3 is 0 Å². The van der Waals surface area contributed by atoms with Gasteiger partial charge < -0.3 is 8.83 Å². The van der Waals surface area contributed by atoms with Crippen molar-refractivity contribution in [3.8, 4) is 45.3 Å². The second-order valence-corrected chi connectivity index (χ2v) is 13.8. The summed E-state index contributed by atoms with van der Waals surface area (Å²) in [6.45, 7) is 0. The minimum atomic E-state index is 0.589. The second kappa shape index (κ2) is 10.9. The lowest BCUT2D eigenvalue weighted by Gasteiger charge is -2.09. The van der Waals surface area contributed by atoms with Crippen LogP contribution in [-0.2, 0) is 0 Å². The molecule has 0 aliphatic heterocycles. The molecule has 0 atom stereocenters. The molecule has 238 valence electrons.